The van der Waals surface area contributed by atoms with Crippen molar-refractivity contribution >= 4 is 21.9 Å². The zero-order valence-electron chi connectivity index (χ0n) is 9.16. The van der Waals surface area contributed by atoms with Crippen LogP contribution in [0.5, 0.6) is 5.75 Å². The van der Waals surface area contributed by atoms with Crippen LogP contribution >= 0.6 is 15.9 Å². The molecule has 0 saturated heterocycles. The van der Waals surface area contributed by atoms with Crippen LogP contribution in [0, 0.1) is 5.41 Å². The van der Waals surface area contributed by atoms with E-state index in [9.17, 15) is 4.79 Å². The van der Waals surface area contributed by atoms with Crippen LogP contribution in [0.25, 0.3) is 0 Å². The molecule has 0 aromatic heterocycles. The van der Waals surface area contributed by atoms with Crippen LogP contribution in [0.2, 0.25) is 0 Å². The molecule has 0 aliphatic carbocycles. The Morgan fingerprint density at radius 1 is 1.27 bits per heavy atom. The van der Waals surface area contributed by atoms with E-state index >= 15 is 0 Å². The molecule has 0 N–H and O–H groups in total. The molecule has 1 rings (SSSR count). The van der Waals surface area contributed by atoms with Gasteiger partial charge < -0.3 is 4.74 Å². The molecule has 0 aliphatic rings. The number of para-hydroxylation sites is 1. The van der Waals surface area contributed by atoms with Crippen LogP contribution in [0.15, 0.2) is 30.3 Å². The number of halogens is 1. The molecule has 0 bridgehead atoms. The summed E-state index contributed by atoms with van der Waals surface area (Å²) in [6.07, 6.45) is 0. The molecular formula is C12H15BrO2. The molecule has 0 heterocycles. The molecule has 3 heteroatoms. The highest BCUT2D eigenvalue weighted by molar-refractivity contribution is 9.10. The molecule has 1 aromatic rings. The maximum Gasteiger partial charge on any atom is 0.325 e. The van der Waals surface area contributed by atoms with E-state index in [1.54, 1.807) is 12.1 Å². The maximum atomic E-state index is 11.7. The minimum absolute atomic E-state index is 0.147. The van der Waals surface area contributed by atoms with Crippen LogP contribution in [-0.2, 0) is 4.79 Å². The highest BCUT2D eigenvalue weighted by atomic mass is 79.9. The van der Waals surface area contributed by atoms with Gasteiger partial charge in [-0.3, -0.25) is 4.79 Å². The van der Waals surface area contributed by atoms with Gasteiger partial charge in [0.25, 0.3) is 0 Å². The highest BCUT2D eigenvalue weighted by Crippen LogP contribution is 2.27. The normalized spacial score (nSPS) is 13.3. The molecule has 0 amide bonds. The van der Waals surface area contributed by atoms with Crippen molar-refractivity contribution in [3.8, 4) is 5.75 Å². The average molecular weight is 271 g/mol. The van der Waals surface area contributed by atoms with Crippen molar-refractivity contribution in [1.82, 2.24) is 0 Å². The van der Waals surface area contributed by atoms with E-state index in [1.807, 2.05) is 39.0 Å². The number of hydrogen-bond donors (Lipinski definition) is 0. The van der Waals surface area contributed by atoms with E-state index in [-0.39, 0.29) is 16.2 Å². The average Bonchev–Trinajstić information content (AvgIpc) is 2.16. The van der Waals surface area contributed by atoms with Crippen LogP contribution in [-0.4, -0.2) is 10.8 Å². The van der Waals surface area contributed by atoms with Crippen molar-refractivity contribution in [1.29, 1.82) is 0 Å². The second-order valence-corrected chi connectivity index (χ2v) is 5.38. The molecule has 0 saturated carbocycles. The third kappa shape index (κ3) is 3.67. The fourth-order valence-electron chi connectivity index (χ4n) is 1.01. The fourth-order valence-corrected chi connectivity index (χ4v) is 1.10. The summed E-state index contributed by atoms with van der Waals surface area (Å²) in [5.74, 6) is 0.324. The van der Waals surface area contributed by atoms with E-state index in [1.165, 1.54) is 0 Å². The predicted octanol–water partition coefficient (Wildman–Crippen LogP) is 3.40. The Morgan fingerprint density at radius 2 is 1.80 bits per heavy atom. The Labute approximate surface area is 98.8 Å². The number of rotatable bonds is 2. The summed E-state index contributed by atoms with van der Waals surface area (Å²) in [7, 11) is 0. The molecule has 82 valence electrons. The Balaban J connectivity index is 2.65. The largest absolute Gasteiger partial charge is 0.426 e. The number of alkyl halides is 1. The van der Waals surface area contributed by atoms with Crippen molar-refractivity contribution in [2.75, 3.05) is 0 Å². The van der Waals surface area contributed by atoms with Gasteiger partial charge in [-0.2, -0.15) is 0 Å². The number of esters is 1. The quantitative estimate of drug-likeness (QED) is 0.468. The van der Waals surface area contributed by atoms with Crippen LogP contribution < -0.4 is 4.74 Å². The van der Waals surface area contributed by atoms with Crippen molar-refractivity contribution in [3.63, 3.8) is 0 Å². The summed E-state index contributed by atoms with van der Waals surface area (Å²) in [6.45, 7) is 5.95. The fraction of sp³-hybridized carbons (Fsp3) is 0.417. The van der Waals surface area contributed by atoms with Crippen molar-refractivity contribution in [2.45, 2.75) is 25.6 Å². The molecule has 0 aliphatic heterocycles. The van der Waals surface area contributed by atoms with Gasteiger partial charge in [0.2, 0.25) is 0 Å². The number of carbonyl (C=O) groups excluding carboxylic acids is 1. The number of ether oxygens (including phenoxy) is 1. The number of carbonyl (C=O) groups is 1. The Bertz CT molecular complexity index is 327. The van der Waals surface area contributed by atoms with Gasteiger partial charge in [0.05, 0.1) is 0 Å². The van der Waals surface area contributed by atoms with Gasteiger partial charge in [-0.1, -0.05) is 54.9 Å². The van der Waals surface area contributed by atoms with E-state index in [2.05, 4.69) is 15.9 Å². The van der Waals surface area contributed by atoms with Gasteiger partial charge in [0.15, 0.2) is 0 Å². The Hall–Kier alpha value is -0.830. The standard InChI is InChI=1S/C12H15BrO2/c1-12(2,3)10(13)11(14)15-9-7-5-4-6-8-9/h4-8,10H,1-3H3. The molecule has 1 atom stereocenters. The second kappa shape index (κ2) is 4.79. The van der Waals surface area contributed by atoms with Crippen molar-refractivity contribution in [2.24, 2.45) is 5.41 Å². The Morgan fingerprint density at radius 3 is 2.27 bits per heavy atom. The lowest BCUT2D eigenvalue weighted by Gasteiger charge is -2.23. The van der Waals surface area contributed by atoms with E-state index in [0.717, 1.165) is 0 Å². The van der Waals surface area contributed by atoms with Gasteiger partial charge in [0.1, 0.15) is 10.6 Å². The molecule has 0 spiro atoms. The van der Waals surface area contributed by atoms with E-state index in [4.69, 9.17) is 4.74 Å². The lowest BCUT2D eigenvalue weighted by molar-refractivity contribution is -0.135. The molecular weight excluding hydrogens is 256 g/mol. The molecule has 2 nitrogen and oxygen atoms in total. The van der Waals surface area contributed by atoms with Crippen molar-refractivity contribution in [3.05, 3.63) is 30.3 Å². The van der Waals surface area contributed by atoms with Gasteiger partial charge in [-0.15, -0.1) is 0 Å². The first-order valence-electron chi connectivity index (χ1n) is 4.82. The first-order chi connectivity index (χ1) is 6.91. The minimum Gasteiger partial charge on any atom is -0.426 e. The lowest BCUT2D eigenvalue weighted by atomic mass is 9.92. The zero-order chi connectivity index (χ0) is 11.5. The SMILES string of the molecule is CC(C)(C)C(Br)C(=O)Oc1ccccc1. The van der Waals surface area contributed by atoms with Gasteiger partial charge in [-0.25, -0.2) is 0 Å². The van der Waals surface area contributed by atoms with Crippen LogP contribution in [0.4, 0.5) is 0 Å². The topological polar surface area (TPSA) is 26.3 Å². The van der Waals surface area contributed by atoms with Gasteiger partial charge in [0, 0.05) is 0 Å². The summed E-state index contributed by atoms with van der Waals surface area (Å²) < 4.78 is 5.22. The first kappa shape index (κ1) is 12.2. The predicted molar refractivity (Wildman–Crippen MR) is 64.2 cm³/mol. The third-order valence-electron chi connectivity index (χ3n) is 1.93. The minimum atomic E-state index is -0.301. The van der Waals surface area contributed by atoms with E-state index in [0.29, 0.717) is 5.75 Å². The Kier molecular flexibility index (Phi) is 3.91. The molecule has 0 fully saturated rings. The summed E-state index contributed by atoms with van der Waals surface area (Å²) in [6, 6.07) is 9.08. The highest BCUT2D eigenvalue weighted by Gasteiger charge is 2.30. The summed E-state index contributed by atoms with van der Waals surface area (Å²) in [4.78, 5) is 11.4. The lowest BCUT2D eigenvalue weighted by Crippen LogP contribution is -2.32. The maximum absolute atomic E-state index is 11.7. The number of benzene rings is 1. The molecule has 1 aromatic carbocycles. The summed E-state index contributed by atoms with van der Waals surface area (Å²) in [5.41, 5.74) is -0.147. The first-order valence-corrected chi connectivity index (χ1v) is 5.73. The van der Waals surface area contributed by atoms with Crippen molar-refractivity contribution < 1.29 is 9.53 Å². The molecule has 0 radical (unpaired) electrons. The monoisotopic (exact) mass is 270 g/mol. The van der Waals surface area contributed by atoms with Crippen LogP contribution in [0.3, 0.4) is 0 Å². The van der Waals surface area contributed by atoms with Crippen LogP contribution in [0.1, 0.15) is 20.8 Å². The summed E-state index contributed by atoms with van der Waals surface area (Å²) in [5, 5.41) is 0. The zero-order valence-corrected chi connectivity index (χ0v) is 10.7. The van der Waals surface area contributed by atoms with E-state index < -0.39 is 0 Å². The number of hydrogen-bond acceptors (Lipinski definition) is 2. The van der Waals surface area contributed by atoms with Gasteiger partial charge in [-0.05, 0) is 17.5 Å². The smallest absolute Gasteiger partial charge is 0.325 e. The summed E-state index contributed by atoms with van der Waals surface area (Å²) >= 11 is 3.35. The molecule has 1 unspecified atom stereocenters. The third-order valence-corrected chi connectivity index (χ3v) is 3.68. The van der Waals surface area contributed by atoms with Gasteiger partial charge >= 0.3 is 5.97 Å². The molecule has 15 heavy (non-hydrogen) atoms. The second-order valence-electron chi connectivity index (χ2n) is 4.46.